The second kappa shape index (κ2) is 10.4. The molecule has 0 atom stereocenters. The first-order valence-corrected chi connectivity index (χ1v) is 12.4. The molecule has 1 saturated heterocycles. The fourth-order valence-corrected chi connectivity index (χ4v) is 5.56. The molecular formula is C25H24N4O4S. The fraction of sp³-hybridized carbons (Fsp3) is 0.240. The van der Waals surface area contributed by atoms with Gasteiger partial charge in [0.25, 0.3) is 0 Å². The van der Waals surface area contributed by atoms with Gasteiger partial charge in [0.15, 0.2) is 9.84 Å². The van der Waals surface area contributed by atoms with E-state index in [1.165, 1.54) is 0 Å². The van der Waals surface area contributed by atoms with Crippen LogP contribution in [0.25, 0.3) is 0 Å². The van der Waals surface area contributed by atoms with Gasteiger partial charge in [0.1, 0.15) is 12.4 Å². The lowest BCUT2D eigenvalue weighted by Crippen LogP contribution is -2.44. The summed E-state index contributed by atoms with van der Waals surface area (Å²) >= 11 is 0. The van der Waals surface area contributed by atoms with Gasteiger partial charge in [0.05, 0.1) is 33.7 Å². The fourth-order valence-electron chi connectivity index (χ4n) is 3.82. The van der Waals surface area contributed by atoms with Crippen molar-refractivity contribution in [2.45, 2.75) is 29.6 Å². The number of amides is 2. The maximum absolute atomic E-state index is 13.1. The zero-order chi connectivity index (χ0) is 24.0. The van der Waals surface area contributed by atoms with Crippen LogP contribution in [0.2, 0.25) is 0 Å². The zero-order valence-electron chi connectivity index (χ0n) is 18.4. The number of anilines is 1. The van der Waals surface area contributed by atoms with Crippen LogP contribution in [0, 0.1) is 11.3 Å². The highest BCUT2D eigenvalue weighted by Crippen LogP contribution is 2.26. The maximum Gasteiger partial charge on any atom is 0.321 e. The lowest BCUT2D eigenvalue weighted by Gasteiger charge is -2.31. The number of nitrogens with one attached hydrogen (secondary N) is 1. The van der Waals surface area contributed by atoms with Gasteiger partial charge in [0, 0.05) is 19.3 Å². The van der Waals surface area contributed by atoms with Crippen molar-refractivity contribution in [1.29, 1.82) is 5.26 Å². The Kier molecular flexibility index (Phi) is 7.09. The Hall–Kier alpha value is -3.90. The molecule has 2 heterocycles. The maximum atomic E-state index is 13.1. The number of rotatable bonds is 6. The molecule has 2 aromatic carbocycles. The molecule has 8 nitrogen and oxygen atoms in total. The molecule has 0 unspecified atom stereocenters. The molecule has 0 bridgehead atoms. The number of nitrogens with zero attached hydrogens (tertiary/aromatic N) is 3. The quantitative estimate of drug-likeness (QED) is 0.575. The van der Waals surface area contributed by atoms with Crippen LogP contribution in [0.4, 0.5) is 10.5 Å². The average molecular weight is 477 g/mol. The first-order valence-electron chi connectivity index (χ1n) is 10.9. The number of sulfone groups is 1. The first-order chi connectivity index (χ1) is 16.5. The number of hydrogen-bond acceptors (Lipinski definition) is 6. The number of aromatic nitrogens is 1. The van der Waals surface area contributed by atoms with Gasteiger partial charge in [-0.1, -0.05) is 12.1 Å². The Labute approximate surface area is 198 Å². The minimum Gasteiger partial charge on any atom is -0.489 e. The van der Waals surface area contributed by atoms with E-state index in [0.717, 1.165) is 5.56 Å². The van der Waals surface area contributed by atoms with Gasteiger partial charge >= 0.3 is 6.03 Å². The molecule has 4 rings (SSSR count). The smallest absolute Gasteiger partial charge is 0.321 e. The minimum atomic E-state index is -3.52. The van der Waals surface area contributed by atoms with Crippen molar-refractivity contribution in [2.75, 3.05) is 18.4 Å². The Morgan fingerprint density at radius 2 is 1.88 bits per heavy atom. The number of benzene rings is 2. The van der Waals surface area contributed by atoms with Crippen molar-refractivity contribution in [3.8, 4) is 11.8 Å². The third-order valence-corrected chi connectivity index (χ3v) is 7.97. The van der Waals surface area contributed by atoms with Gasteiger partial charge in [-0.3, -0.25) is 4.98 Å². The summed E-state index contributed by atoms with van der Waals surface area (Å²) in [6.45, 7) is 0.999. The number of carbonyl (C=O) groups is 1. The third kappa shape index (κ3) is 5.53. The molecule has 174 valence electrons. The van der Waals surface area contributed by atoms with Crippen LogP contribution in [0.15, 0.2) is 78.0 Å². The van der Waals surface area contributed by atoms with Crippen LogP contribution < -0.4 is 10.1 Å². The Morgan fingerprint density at radius 1 is 1.12 bits per heavy atom. The van der Waals surface area contributed by atoms with Crippen LogP contribution in [-0.2, 0) is 16.4 Å². The van der Waals surface area contributed by atoms with Gasteiger partial charge < -0.3 is 15.0 Å². The lowest BCUT2D eigenvalue weighted by atomic mass is 10.1. The zero-order valence-corrected chi connectivity index (χ0v) is 19.2. The molecule has 1 aliphatic heterocycles. The minimum absolute atomic E-state index is 0.240. The molecule has 1 aliphatic rings. The summed E-state index contributed by atoms with van der Waals surface area (Å²) in [5.41, 5.74) is 2.01. The number of ether oxygens (including phenoxy) is 1. The third-order valence-electron chi connectivity index (χ3n) is 5.69. The highest BCUT2D eigenvalue weighted by Gasteiger charge is 2.32. The predicted molar refractivity (Wildman–Crippen MR) is 127 cm³/mol. The number of pyridine rings is 1. The summed E-state index contributed by atoms with van der Waals surface area (Å²) in [5, 5.41) is 11.2. The number of nitriles is 1. The molecule has 1 N–H and O–H groups in total. The molecule has 0 saturated carbocycles. The summed E-state index contributed by atoms with van der Waals surface area (Å²) in [4.78, 5) is 18.3. The van der Waals surface area contributed by atoms with E-state index in [4.69, 9.17) is 10.00 Å². The Morgan fingerprint density at radius 3 is 2.56 bits per heavy atom. The molecular weight excluding hydrogens is 452 g/mol. The normalized spacial score (nSPS) is 14.3. The summed E-state index contributed by atoms with van der Waals surface area (Å²) in [7, 11) is -3.52. The van der Waals surface area contributed by atoms with Crippen LogP contribution in [-0.4, -0.2) is 42.7 Å². The number of likely N-dealkylation sites (tertiary alicyclic amines) is 1. The number of piperidine rings is 1. The topological polar surface area (TPSA) is 112 Å². The highest BCUT2D eigenvalue weighted by molar-refractivity contribution is 7.92. The van der Waals surface area contributed by atoms with Gasteiger partial charge in [-0.2, -0.15) is 5.26 Å². The monoisotopic (exact) mass is 476 g/mol. The van der Waals surface area contributed by atoms with E-state index < -0.39 is 15.1 Å². The Bertz CT molecular complexity index is 1280. The van der Waals surface area contributed by atoms with Gasteiger partial charge in [-0.05, 0) is 66.9 Å². The van der Waals surface area contributed by atoms with Gasteiger partial charge in [-0.25, -0.2) is 13.2 Å². The van der Waals surface area contributed by atoms with Crippen molar-refractivity contribution in [2.24, 2.45) is 0 Å². The van der Waals surface area contributed by atoms with Crippen molar-refractivity contribution < 1.29 is 17.9 Å². The standard InChI is InChI=1S/C25H24N4O4S/c26-16-19-3-1-4-20(15-19)18-33-22-6-8-23(9-7-22)34(31,32)24-10-13-29(14-11-24)25(30)28-21-5-2-12-27-17-21/h1-9,12,15,17,24H,10-11,13-14,18H2,(H,28,30). The van der Waals surface area contributed by atoms with Crippen LogP contribution >= 0.6 is 0 Å². The van der Waals surface area contributed by atoms with Crippen molar-refractivity contribution >= 4 is 21.6 Å². The predicted octanol–water partition coefficient (Wildman–Crippen LogP) is 4.00. The summed E-state index contributed by atoms with van der Waals surface area (Å²) in [6, 6.07) is 18.8. The SMILES string of the molecule is N#Cc1cccc(COc2ccc(S(=O)(=O)C3CCN(C(=O)Nc4cccnc4)CC3)cc2)c1. The molecule has 2 amide bonds. The van der Waals surface area contributed by atoms with Crippen molar-refractivity contribution in [3.05, 3.63) is 84.2 Å². The second-order valence-electron chi connectivity index (χ2n) is 7.98. The van der Waals surface area contributed by atoms with Crippen molar-refractivity contribution in [1.82, 2.24) is 9.88 Å². The average Bonchev–Trinajstić information content (AvgIpc) is 2.88. The van der Waals surface area contributed by atoms with E-state index >= 15 is 0 Å². The lowest BCUT2D eigenvalue weighted by molar-refractivity contribution is 0.200. The van der Waals surface area contributed by atoms with Crippen LogP contribution in [0.3, 0.4) is 0 Å². The Balaban J connectivity index is 1.32. The van der Waals surface area contributed by atoms with E-state index in [2.05, 4.69) is 16.4 Å². The van der Waals surface area contributed by atoms with Gasteiger partial charge in [-0.15, -0.1) is 0 Å². The number of carbonyl (C=O) groups excluding carboxylic acids is 1. The van der Waals surface area contributed by atoms with Crippen LogP contribution in [0.5, 0.6) is 5.75 Å². The largest absolute Gasteiger partial charge is 0.489 e. The van der Waals surface area contributed by atoms with E-state index in [-0.39, 0.29) is 17.5 Å². The van der Waals surface area contributed by atoms with E-state index in [1.54, 1.807) is 71.9 Å². The van der Waals surface area contributed by atoms with E-state index in [1.807, 2.05) is 6.07 Å². The van der Waals surface area contributed by atoms with Gasteiger partial charge in [0.2, 0.25) is 0 Å². The molecule has 1 fully saturated rings. The summed E-state index contributed by atoms with van der Waals surface area (Å²) in [5.74, 6) is 0.545. The number of urea groups is 1. The molecule has 34 heavy (non-hydrogen) atoms. The molecule has 0 spiro atoms. The second-order valence-corrected chi connectivity index (χ2v) is 10.2. The molecule has 0 aliphatic carbocycles. The molecule has 3 aromatic rings. The summed E-state index contributed by atoms with van der Waals surface area (Å²) < 4.78 is 32.0. The molecule has 1 aromatic heterocycles. The molecule has 9 heteroatoms. The van der Waals surface area contributed by atoms with E-state index in [0.29, 0.717) is 42.9 Å². The molecule has 0 radical (unpaired) electrons. The highest BCUT2D eigenvalue weighted by atomic mass is 32.2. The van der Waals surface area contributed by atoms with Crippen LogP contribution in [0.1, 0.15) is 24.0 Å². The first kappa shape index (κ1) is 23.3. The van der Waals surface area contributed by atoms with E-state index in [9.17, 15) is 13.2 Å². The summed E-state index contributed by atoms with van der Waals surface area (Å²) in [6.07, 6.45) is 3.93. The van der Waals surface area contributed by atoms with Crippen molar-refractivity contribution in [3.63, 3.8) is 0 Å². The number of hydrogen-bond donors (Lipinski definition) is 1.